The van der Waals surface area contributed by atoms with E-state index < -0.39 is 0 Å². The van der Waals surface area contributed by atoms with Gasteiger partial charge >= 0.3 is 0 Å². The van der Waals surface area contributed by atoms with Gasteiger partial charge in [0.1, 0.15) is 5.75 Å². The lowest BCUT2D eigenvalue weighted by molar-refractivity contribution is 0.112. The van der Waals surface area contributed by atoms with Crippen LogP contribution >= 0.6 is 0 Å². The van der Waals surface area contributed by atoms with E-state index in [2.05, 4.69) is 11.8 Å². The first kappa shape index (κ1) is 11.9. The molecule has 2 rings (SSSR count). The van der Waals surface area contributed by atoms with E-state index in [0.29, 0.717) is 11.8 Å². The Kier molecular flexibility index (Phi) is 3.45. The molecular weight excluding hydrogens is 224 g/mol. The monoisotopic (exact) mass is 236 g/mol. The van der Waals surface area contributed by atoms with Gasteiger partial charge in [-0.15, -0.1) is 0 Å². The average molecular weight is 236 g/mol. The number of aromatic hydroxyl groups is 1. The number of rotatable bonds is 1. The lowest BCUT2D eigenvalue weighted by Crippen LogP contribution is -1.83. The Morgan fingerprint density at radius 3 is 2.22 bits per heavy atom. The Morgan fingerprint density at radius 1 is 1.00 bits per heavy atom. The van der Waals surface area contributed by atoms with E-state index in [1.54, 1.807) is 12.1 Å². The molecule has 18 heavy (non-hydrogen) atoms. The molecule has 0 amide bonds. The van der Waals surface area contributed by atoms with E-state index >= 15 is 0 Å². The molecule has 2 nitrogen and oxygen atoms in total. The first-order valence-electron chi connectivity index (χ1n) is 5.56. The van der Waals surface area contributed by atoms with Crippen molar-refractivity contribution in [1.29, 1.82) is 0 Å². The van der Waals surface area contributed by atoms with Crippen LogP contribution in [-0.4, -0.2) is 11.4 Å². The van der Waals surface area contributed by atoms with Crippen LogP contribution in [0.4, 0.5) is 0 Å². The number of hydrogen-bond acceptors (Lipinski definition) is 2. The number of aldehydes is 1. The third kappa shape index (κ3) is 2.78. The van der Waals surface area contributed by atoms with Gasteiger partial charge in [-0.05, 0) is 37.3 Å². The molecule has 0 unspecified atom stereocenters. The van der Waals surface area contributed by atoms with Gasteiger partial charge in [-0.25, -0.2) is 0 Å². The molecule has 1 N–H and O–H groups in total. The minimum absolute atomic E-state index is 0.0410. The molecule has 88 valence electrons. The van der Waals surface area contributed by atoms with Crippen molar-refractivity contribution < 1.29 is 9.90 Å². The molecule has 0 atom stereocenters. The van der Waals surface area contributed by atoms with Crippen LogP contribution in [0.5, 0.6) is 5.75 Å². The zero-order valence-corrected chi connectivity index (χ0v) is 9.97. The van der Waals surface area contributed by atoms with Crippen molar-refractivity contribution in [2.24, 2.45) is 0 Å². The number of aryl methyl sites for hydroxylation is 1. The van der Waals surface area contributed by atoms with E-state index in [0.717, 1.165) is 5.56 Å². The van der Waals surface area contributed by atoms with Crippen molar-refractivity contribution in [3.8, 4) is 17.6 Å². The van der Waals surface area contributed by atoms with Crippen LogP contribution < -0.4 is 0 Å². The lowest BCUT2D eigenvalue weighted by atomic mass is 10.1. The summed E-state index contributed by atoms with van der Waals surface area (Å²) in [5.41, 5.74) is 3.06. The third-order valence-corrected chi connectivity index (χ3v) is 2.56. The van der Waals surface area contributed by atoms with Gasteiger partial charge in [0.25, 0.3) is 0 Å². The minimum Gasteiger partial charge on any atom is -0.507 e. The van der Waals surface area contributed by atoms with Gasteiger partial charge in [-0.1, -0.05) is 29.5 Å². The van der Waals surface area contributed by atoms with Crippen LogP contribution in [0.3, 0.4) is 0 Å². The largest absolute Gasteiger partial charge is 0.507 e. The Bertz CT molecular complexity index is 628. The van der Waals surface area contributed by atoms with Gasteiger partial charge in [0, 0.05) is 11.1 Å². The Labute approximate surface area is 106 Å². The fraction of sp³-hybridized carbons (Fsp3) is 0.0625. The Morgan fingerprint density at radius 2 is 1.61 bits per heavy atom. The van der Waals surface area contributed by atoms with Gasteiger partial charge in [-0.2, -0.15) is 0 Å². The second-order valence-electron chi connectivity index (χ2n) is 4.01. The molecule has 0 spiro atoms. The van der Waals surface area contributed by atoms with Crippen molar-refractivity contribution in [2.45, 2.75) is 6.92 Å². The standard InChI is InChI=1S/C16H12O2/c1-12-2-4-13(5-3-12)6-7-14-8-9-15(11-17)16(18)10-14/h2-5,8-11,18H,1H3. The van der Waals surface area contributed by atoms with Gasteiger partial charge in [0.2, 0.25) is 0 Å². The fourth-order valence-corrected chi connectivity index (χ4v) is 1.50. The van der Waals surface area contributed by atoms with Gasteiger partial charge < -0.3 is 5.11 Å². The average Bonchev–Trinajstić information content (AvgIpc) is 2.38. The van der Waals surface area contributed by atoms with Crippen LogP contribution in [-0.2, 0) is 0 Å². The molecule has 2 heteroatoms. The molecule has 0 saturated heterocycles. The SMILES string of the molecule is Cc1ccc(C#Cc2ccc(C=O)c(O)c2)cc1. The summed E-state index contributed by atoms with van der Waals surface area (Å²) in [5, 5.41) is 9.53. The van der Waals surface area contributed by atoms with Crippen molar-refractivity contribution in [1.82, 2.24) is 0 Å². The number of carbonyl (C=O) groups excluding carboxylic acids is 1. The summed E-state index contributed by atoms with van der Waals surface area (Å²) in [4.78, 5) is 10.6. The van der Waals surface area contributed by atoms with Crippen LogP contribution in [0.2, 0.25) is 0 Å². The van der Waals surface area contributed by atoms with Gasteiger partial charge in [-0.3, -0.25) is 4.79 Å². The van der Waals surface area contributed by atoms with Crippen molar-refractivity contribution in [2.75, 3.05) is 0 Å². The van der Waals surface area contributed by atoms with E-state index in [1.807, 2.05) is 31.2 Å². The first-order valence-corrected chi connectivity index (χ1v) is 5.56. The summed E-state index contributed by atoms with van der Waals surface area (Å²) in [6, 6.07) is 12.6. The van der Waals surface area contributed by atoms with Crippen LogP contribution in [0, 0.1) is 18.8 Å². The number of carbonyl (C=O) groups is 1. The highest BCUT2D eigenvalue weighted by molar-refractivity contribution is 5.79. The van der Waals surface area contributed by atoms with Crippen LogP contribution in [0.25, 0.3) is 0 Å². The summed E-state index contributed by atoms with van der Waals surface area (Å²) in [6.45, 7) is 2.02. The highest BCUT2D eigenvalue weighted by Gasteiger charge is 1.99. The zero-order chi connectivity index (χ0) is 13.0. The van der Waals surface area contributed by atoms with Gasteiger partial charge in [0.15, 0.2) is 6.29 Å². The van der Waals surface area contributed by atoms with E-state index in [9.17, 15) is 9.90 Å². The van der Waals surface area contributed by atoms with E-state index in [-0.39, 0.29) is 11.3 Å². The smallest absolute Gasteiger partial charge is 0.153 e. The van der Waals surface area contributed by atoms with E-state index in [4.69, 9.17) is 0 Å². The van der Waals surface area contributed by atoms with E-state index in [1.165, 1.54) is 11.6 Å². The topological polar surface area (TPSA) is 37.3 Å². The number of phenolic OH excluding ortho intramolecular Hbond substituents is 1. The summed E-state index contributed by atoms with van der Waals surface area (Å²) < 4.78 is 0. The van der Waals surface area contributed by atoms with Crippen LogP contribution in [0.1, 0.15) is 27.0 Å². The molecule has 0 heterocycles. The van der Waals surface area contributed by atoms with Crippen LogP contribution in [0.15, 0.2) is 42.5 Å². The molecule has 0 saturated carbocycles. The second-order valence-corrected chi connectivity index (χ2v) is 4.01. The highest BCUT2D eigenvalue weighted by Crippen LogP contribution is 2.16. The third-order valence-electron chi connectivity index (χ3n) is 2.56. The molecule has 2 aromatic carbocycles. The van der Waals surface area contributed by atoms with Gasteiger partial charge in [0.05, 0.1) is 5.56 Å². The maximum atomic E-state index is 10.6. The molecule has 2 aromatic rings. The zero-order valence-electron chi connectivity index (χ0n) is 9.97. The fourth-order valence-electron chi connectivity index (χ4n) is 1.50. The summed E-state index contributed by atoms with van der Waals surface area (Å²) >= 11 is 0. The predicted octanol–water partition coefficient (Wildman–Crippen LogP) is 2.91. The molecule has 0 radical (unpaired) electrons. The number of benzene rings is 2. The molecular formula is C16H12O2. The predicted molar refractivity (Wildman–Crippen MR) is 70.7 cm³/mol. The molecule has 0 aliphatic heterocycles. The lowest BCUT2D eigenvalue weighted by Gasteiger charge is -1.97. The molecule has 0 aliphatic carbocycles. The molecule has 0 aliphatic rings. The summed E-state index contributed by atoms with van der Waals surface area (Å²) in [5.74, 6) is 5.91. The van der Waals surface area contributed by atoms with Crippen molar-refractivity contribution in [3.05, 3.63) is 64.7 Å². The quantitative estimate of drug-likeness (QED) is 0.610. The highest BCUT2D eigenvalue weighted by atomic mass is 16.3. The molecule has 0 bridgehead atoms. The van der Waals surface area contributed by atoms with Crippen molar-refractivity contribution >= 4 is 6.29 Å². The maximum Gasteiger partial charge on any atom is 0.153 e. The first-order chi connectivity index (χ1) is 8.69. The molecule has 0 aromatic heterocycles. The summed E-state index contributed by atoms with van der Waals surface area (Å²) in [7, 11) is 0. The molecule has 0 fully saturated rings. The maximum absolute atomic E-state index is 10.6. The minimum atomic E-state index is -0.0410. The Hall–Kier alpha value is -2.53. The normalized spacial score (nSPS) is 9.39. The Balaban J connectivity index is 2.27. The summed E-state index contributed by atoms with van der Waals surface area (Å²) in [6.07, 6.45) is 0.618. The van der Waals surface area contributed by atoms with Crippen molar-refractivity contribution in [3.63, 3.8) is 0 Å². The number of phenols is 1. The number of hydrogen-bond donors (Lipinski definition) is 1. The second kappa shape index (κ2) is 5.20.